The Balaban J connectivity index is 2.65. The molecule has 1 aromatic carbocycles. The number of nitrogen functional groups attached to an aromatic ring is 1. The van der Waals surface area contributed by atoms with Crippen molar-refractivity contribution in [2.45, 2.75) is 6.42 Å². The Morgan fingerprint density at radius 3 is 2.93 bits per heavy atom. The molecular weight excluding hydrogens is 260 g/mol. The Morgan fingerprint density at radius 2 is 2.21 bits per heavy atom. The first kappa shape index (κ1) is 9.50. The molecule has 14 heavy (non-hydrogen) atoms. The van der Waals surface area contributed by atoms with Crippen molar-refractivity contribution in [3.8, 4) is 6.07 Å². The minimum atomic E-state index is 0.423. The summed E-state index contributed by atoms with van der Waals surface area (Å²) in [7, 11) is 0. The fraction of sp³-hybridized carbons (Fsp3) is 0.100. The van der Waals surface area contributed by atoms with E-state index in [1.165, 1.54) is 0 Å². The van der Waals surface area contributed by atoms with Crippen LogP contribution in [0.1, 0.15) is 5.56 Å². The summed E-state index contributed by atoms with van der Waals surface area (Å²) in [6.07, 6.45) is 0.423. The molecule has 1 aromatic heterocycles. The summed E-state index contributed by atoms with van der Waals surface area (Å²) < 4.78 is 2.13. The fourth-order valence-corrected chi connectivity index (χ4v) is 2.84. The Kier molecular flexibility index (Phi) is 2.44. The summed E-state index contributed by atoms with van der Waals surface area (Å²) in [6.45, 7) is 0. The smallest absolute Gasteiger partial charge is 0.0868 e. The van der Waals surface area contributed by atoms with Crippen molar-refractivity contribution in [2.75, 3.05) is 5.73 Å². The Morgan fingerprint density at radius 1 is 1.43 bits per heavy atom. The van der Waals surface area contributed by atoms with E-state index in [-0.39, 0.29) is 0 Å². The van der Waals surface area contributed by atoms with Crippen LogP contribution in [-0.2, 0) is 6.42 Å². The maximum atomic E-state index is 8.63. The van der Waals surface area contributed by atoms with Crippen molar-refractivity contribution in [1.82, 2.24) is 0 Å². The van der Waals surface area contributed by atoms with Gasteiger partial charge in [-0.05, 0) is 29.1 Å². The molecule has 0 bridgehead atoms. The second-order valence-electron chi connectivity index (χ2n) is 2.97. The van der Waals surface area contributed by atoms with Gasteiger partial charge in [0.15, 0.2) is 0 Å². The van der Waals surface area contributed by atoms with E-state index in [1.807, 2.05) is 18.2 Å². The number of hydrogen-bond donors (Lipinski definition) is 1. The maximum absolute atomic E-state index is 8.63. The first-order chi connectivity index (χ1) is 6.70. The monoisotopic (exact) mass is 266 g/mol. The highest BCUT2D eigenvalue weighted by Gasteiger charge is 2.04. The van der Waals surface area contributed by atoms with Crippen LogP contribution in [0.4, 0.5) is 5.00 Å². The molecule has 0 aliphatic heterocycles. The molecule has 0 unspecified atom stereocenters. The molecule has 2 rings (SSSR count). The van der Waals surface area contributed by atoms with Gasteiger partial charge in [0, 0.05) is 9.17 Å². The predicted molar refractivity (Wildman–Crippen MR) is 63.3 cm³/mol. The van der Waals surface area contributed by atoms with Gasteiger partial charge in [-0.15, -0.1) is 11.3 Å². The van der Waals surface area contributed by atoms with Crippen molar-refractivity contribution in [3.63, 3.8) is 0 Å². The summed E-state index contributed by atoms with van der Waals surface area (Å²) in [6, 6.07) is 8.10. The van der Waals surface area contributed by atoms with E-state index in [4.69, 9.17) is 11.0 Å². The lowest BCUT2D eigenvalue weighted by Gasteiger charge is -1.99. The van der Waals surface area contributed by atoms with Crippen molar-refractivity contribution in [2.24, 2.45) is 0 Å². The van der Waals surface area contributed by atoms with Crippen molar-refractivity contribution < 1.29 is 0 Å². The molecule has 70 valence electrons. The number of rotatable bonds is 1. The fourth-order valence-electron chi connectivity index (χ4n) is 1.35. The third-order valence-electron chi connectivity index (χ3n) is 1.97. The van der Waals surface area contributed by atoms with Crippen LogP contribution in [0.15, 0.2) is 22.7 Å². The van der Waals surface area contributed by atoms with E-state index >= 15 is 0 Å². The van der Waals surface area contributed by atoms with Gasteiger partial charge in [-0.25, -0.2) is 0 Å². The van der Waals surface area contributed by atoms with Crippen LogP contribution in [0, 0.1) is 11.3 Å². The lowest BCUT2D eigenvalue weighted by molar-refractivity contribution is 1.26. The van der Waals surface area contributed by atoms with Gasteiger partial charge in [-0.3, -0.25) is 0 Å². The zero-order chi connectivity index (χ0) is 10.1. The first-order valence-electron chi connectivity index (χ1n) is 4.05. The normalized spacial score (nSPS) is 10.3. The van der Waals surface area contributed by atoms with Crippen molar-refractivity contribution >= 4 is 42.4 Å². The third kappa shape index (κ3) is 1.61. The molecule has 2 aromatic rings. The number of nitriles is 1. The lowest BCUT2D eigenvalue weighted by Crippen LogP contribution is -1.82. The molecule has 0 radical (unpaired) electrons. The van der Waals surface area contributed by atoms with Gasteiger partial charge in [0.25, 0.3) is 0 Å². The SMILES string of the molecule is N#CCc1cc2cc(N)sc2cc1Br. The van der Waals surface area contributed by atoms with E-state index in [2.05, 4.69) is 22.0 Å². The number of halogens is 1. The van der Waals surface area contributed by atoms with Crippen LogP contribution in [-0.4, -0.2) is 0 Å². The molecule has 1 heterocycles. The second kappa shape index (κ2) is 3.60. The minimum Gasteiger partial charge on any atom is -0.391 e. The number of fused-ring (bicyclic) bond motifs is 1. The quantitative estimate of drug-likeness (QED) is 0.861. The van der Waals surface area contributed by atoms with Crippen LogP contribution in [0.3, 0.4) is 0 Å². The Hall–Kier alpha value is -1.05. The molecule has 0 atom stereocenters. The minimum absolute atomic E-state index is 0.423. The summed E-state index contributed by atoms with van der Waals surface area (Å²) in [5, 5.41) is 10.5. The number of benzene rings is 1. The highest BCUT2D eigenvalue weighted by molar-refractivity contribution is 9.10. The summed E-state index contributed by atoms with van der Waals surface area (Å²) >= 11 is 5.00. The summed E-state index contributed by atoms with van der Waals surface area (Å²) in [4.78, 5) is 0. The van der Waals surface area contributed by atoms with Crippen molar-refractivity contribution in [3.05, 3.63) is 28.2 Å². The van der Waals surface area contributed by atoms with Crippen LogP contribution in [0.25, 0.3) is 10.1 Å². The largest absolute Gasteiger partial charge is 0.391 e. The van der Waals surface area contributed by atoms with E-state index in [0.29, 0.717) is 6.42 Å². The van der Waals surface area contributed by atoms with Crippen LogP contribution < -0.4 is 5.73 Å². The predicted octanol–water partition coefficient (Wildman–Crippen LogP) is 3.31. The van der Waals surface area contributed by atoms with Gasteiger partial charge in [-0.2, -0.15) is 5.26 Å². The van der Waals surface area contributed by atoms with E-state index in [0.717, 1.165) is 25.1 Å². The second-order valence-corrected chi connectivity index (χ2v) is 4.93. The van der Waals surface area contributed by atoms with Gasteiger partial charge in [0.05, 0.1) is 17.5 Å². The zero-order valence-electron chi connectivity index (χ0n) is 7.25. The Labute approximate surface area is 94.1 Å². The molecule has 2 N–H and O–H groups in total. The highest BCUT2D eigenvalue weighted by atomic mass is 79.9. The molecule has 0 aliphatic carbocycles. The first-order valence-corrected chi connectivity index (χ1v) is 5.66. The number of anilines is 1. The van der Waals surface area contributed by atoms with Gasteiger partial charge in [0.1, 0.15) is 0 Å². The summed E-state index contributed by atoms with van der Waals surface area (Å²) in [5.74, 6) is 0. The number of thiophene rings is 1. The standard InChI is InChI=1S/C10H7BrN2S/c11-8-5-9-7(4-10(13)14-9)3-6(8)1-2-12/h3-5H,1,13H2. The number of nitrogens with two attached hydrogens (primary N) is 1. The topological polar surface area (TPSA) is 49.8 Å². The lowest BCUT2D eigenvalue weighted by atomic mass is 10.1. The highest BCUT2D eigenvalue weighted by Crippen LogP contribution is 2.32. The van der Waals surface area contributed by atoms with E-state index in [9.17, 15) is 0 Å². The molecule has 4 heteroatoms. The number of hydrogen-bond acceptors (Lipinski definition) is 3. The molecule has 0 saturated carbocycles. The molecule has 0 amide bonds. The molecular formula is C10H7BrN2S. The molecule has 0 fully saturated rings. The van der Waals surface area contributed by atoms with Crippen LogP contribution >= 0.6 is 27.3 Å². The zero-order valence-corrected chi connectivity index (χ0v) is 9.65. The van der Waals surface area contributed by atoms with Gasteiger partial charge >= 0.3 is 0 Å². The average molecular weight is 267 g/mol. The van der Waals surface area contributed by atoms with Crippen molar-refractivity contribution in [1.29, 1.82) is 5.26 Å². The number of nitrogens with zero attached hydrogens (tertiary/aromatic N) is 1. The van der Waals surface area contributed by atoms with E-state index in [1.54, 1.807) is 11.3 Å². The van der Waals surface area contributed by atoms with Gasteiger partial charge in [0.2, 0.25) is 0 Å². The molecule has 0 aliphatic rings. The van der Waals surface area contributed by atoms with Gasteiger partial charge < -0.3 is 5.73 Å². The van der Waals surface area contributed by atoms with E-state index < -0.39 is 0 Å². The maximum Gasteiger partial charge on any atom is 0.0868 e. The van der Waals surface area contributed by atoms with Gasteiger partial charge in [-0.1, -0.05) is 15.9 Å². The molecule has 2 nitrogen and oxygen atoms in total. The van der Waals surface area contributed by atoms with Crippen LogP contribution in [0.2, 0.25) is 0 Å². The molecule has 0 saturated heterocycles. The van der Waals surface area contributed by atoms with Crippen LogP contribution in [0.5, 0.6) is 0 Å². The average Bonchev–Trinajstić information content (AvgIpc) is 2.45. The third-order valence-corrected chi connectivity index (χ3v) is 3.64. The Bertz CT molecular complexity index is 525. The molecule has 0 spiro atoms. The summed E-state index contributed by atoms with van der Waals surface area (Å²) in [5.41, 5.74) is 6.71.